The molecule has 106 valence electrons. The van der Waals surface area contributed by atoms with Crippen molar-refractivity contribution >= 4 is 0 Å². The molecule has 0 saturated heterocycles. The van der Waals surface area contributed by atoms with Crippen LogP contribution in [0.2, 0.25) is 0 Å². The van der Waals surface area contributed by atoms with Gasteiger partial charge in [-0.2, -0.15) is 0 Å². The number of benzene rings is 1. The first-order valence-electron chi connectivity index (χ1n) is 7.14. The van der Waals surface area contributed by atoms with Crippen LogP contribution in [0.15, 0.2) is 18.2 Å². The lowest BCUT2D eigenvalue weighted by Gasteiger charge is -2.14. The molecular formula is C16H25NO2. The molecule has 2 unspecified atom stereocenters. The molecule has 0 radical (unpaired) electrons. The Morgan fingerprint density at radius 1 is 1.21 bits per heavy atom. The summed E-state index contributed by atoms with van der Waals surface area (Å²) in [7, 11) is 3.38. The molecule has 3 nitrogen and oxygen atoms in total. The number of hydrogen-bond acceptors (Lipinski definition) is 3. The van der Waals surface area contributed by atoms with Gasteiger partial charge < -0.3 is 14.8 Å². The maximum absolute atomic E-state index is 5.41. The number of hydrogen-bond donors (Lipinski definition) is 1. The maximum atomic E-state index is 5.41. The zero-order chi connectivity index (χ0) is 13.7. The van der Waals surface area contributed by atoms with Crippen molar-refractivity contribution in [1.29, 1.82) is 0 Å². The molecule has 1 aromatic carbocycles. The lowest BCUT2D eigenvalue weighted by molar-refractivity contribution is 0.388. The molecule has 2 rings (SSSR count). The molecule has 0 aliphatic heterocycles. The molecule has 1 N–H and O–H groups in total. The third-order valence-corrected chi connectivity index (χ3v) is 4.05. The first-order chi connectivity index (χ1) is 9.22. The monoisotopic (exact) mass is 263 g/mol. The summed E-state index contributed by atoms with van der Waals surface area (Å²) in [5, 5.41) is 3.56. The minimum absolute atomic E-state index is 0.838. The Morgan fingerprint density at radius 2 is 2.05 bits per heavy atom. The van der Waals surface area contributed by atoms with E-state index in [-0.39, 0.29) is 0 Å². The van der Waals surface area contributed by atoms with Gasteiger partial charge in [0.05, 0.1) is 14.2 Å². The fourth-order valence-corrected chi connectivity index (χ4v) is 2.92. The molecule has 0 spiro atoms. The smallest absolute Gasteiger partial charge is 0.127 e. The van der Waals surface area contributed by atoms with Crippen molar-refractivity contribution in [3.8, 4) is 11.5 Å². The first-order valence-corrected chi connectivity index (χ1v) is 7.14. The van der Waals surface area contributed by atoms with Gasteiger partial charge in [-0.1, -0.05) is 19.4 Å². The van der Waals surface area contributed by atoms with Crippen molar-refractivity contribution < 1.29 is 9.47 Å². The summed E-state index contributed by atoms with van der Waals surface area (Å²) in [5.74, 6) is 3.48. The van der Waals surface area contributed by atoms with Crippen LogP contribution in [0.3, 0.4) is 0 Å². The van der Waals surface area contributed by atoms with Crippen molar-refractivity contribution in [3.05, 3.63) is 23.8 Å². The van der Waals surface area contributed by atoms with Gasteiger partial charge in [0.2, 0.25) is 0 Å². The minimum Gasteiger partial charge on any atom is -0.497 e. The standard InChI is InChI=1S/C16H25NO2/c1-12-4-5-13(8-12)10-17-11-14-6-7-15(18-2)9-16(14)19-3/h6-7,9,12-13,17H,4-5,8,10-11H2,1-3H3. The van der Waals surface area contributed by atoms with Gasteiger partial charge in [-0.3, -0.25) is 0 Å². The van der Waals surface area contributed by atoms with Crippen LogP contribution in [-0.4, -0.2) is 20.8 Å². The Hall–Kier alpha value is -1.22. The molecule has 0 amide bonds. The fraction of sp³-hybridized carbons (Fsp3) is 0.625. The molecule has 19 heavy (non-hydrogen) atoms. The van der Waals surface area contributed by atoms with Crippen molar-refractivity contribution in [2.75, 3.05) is 20.8 Å². The van der Waals surface area contributed by atoms with E-state index in [0.29, 0.717) is 0 Å². The van der Waals surface area contributed by atoms with E-state index in [9.17, 15) is 0 Å². The van der Waals surface area contributed by atoms with E-state index >= 15 is 0 Å². The largest absolute Gasteiger partial charge is 0.497 e. The van der Waals surface area contributed by atoms with E-state index in [1.807, 2.05) is 12.1 Å². The van der Waals surface area contributed by atoms with E-state index in [1.54, 1.807) is 14.2 Å². The molecule has 1 aliphatic rings. The van der Waals surface area contributed by atoms with Crippen LogP contribution >= 0.6 is 0 Å². The molecule has 0 heterocycles. The maximum Gasteiger partial charge on any atom is 0.127 e. The van der Waals surface area contributed by atoms with Crippen molar-refractivity contribution in [3.63, 3.8) is 0 Å². The summed E-state index contributed by atoms with van der Waals surface area (Å²) in [4.78, 5) is 0. The van der Waals surface area contributed by atoms with Gasteiger partial charge in [0.25, 0.3) is 0 Å². The van der Waals surface area contributed by atoms with Gasteiger partial charge >= 0.3 is 0 Å². The van der Waals surface area contributed by atoms with Crippen molar-refractivity contribution in [1.82, 2.24) is 5.32 Å². The van der Waals surface area contributed by atoms with Crippen LogP contribution in [0, 0.1) is 11.8 Å². The quantitative estimate of drug-likeness (QED) is 0.854. The predicted molar refractivity (Wildman–Crippen MR) is 77.8 cm³/mol. The molecular weight excluding hydrogens is 238 g/mol. The number of methoxy groups -OCH3 is 2. The van der Waals surface area contributed by atoms with Gasteiger partial charge in [0, 0.05) is 18.2 Å². The second-order valence-corrected chi connectivity index (χ2v) is 5.59. The Bertz CT molecular complexity index is 406. The minimum atomic E-state index is 0.838. The molecule has 2 atom stereocenters. The molecule has 3 heteroatoms. The zero-order valence-electron chi connectivity index (χ0n) is 12.2. The van der Waals surface area contributed by atoms with Crippen molar-refractivity contribution in [2.24, 2.45) is 11.8 Å². The van der Waals surface area contributed by atoms with E-state index in [4.69, 9.17) is 9.47 Å². The van der Waals surface area contributed by atoms with Crippen LogP contribution in [-0.2, 0) is 6.54 Å². The Labute approximate surface area is 116 Å². The number of rotatable bonds is 6. The summed E-state index contributed by atoms with van der Waals surface area (Å²) < 4.78 is 10.6. The molecule has 0 aromatic heterocycles. The lowest BCUT2D eigenvalue weighted by Crippen LogP contribution is -2.21. The van der Waals surface area contributed by atoms with Gasteiger partial charge in [-0.15, -0.1) is 0 Å². The van der Waals surface area contributed by atoms with Crippen LogP contribution in [0.4, 0.5) is 0 Å². The Kier molecular flexibility index (Phi) is 5.08. The Morgan fingerprint density at radius 3 is 2.68 bits per heavy atom. The second kappa shape index (κ2) is 6.80. The normalized spacial score (nSPS) is 22.5. The van der Waals surface area contributed by atoms with Gasteiger partial charge in [0.1, 0.15) is 11.5 Å². The molecule has 1 fully saturated rings. The van der Waals surface area contributed by atoms with Crippen LogP contribution < -0.4 is 14.8 Å². The number of nitrogens with one attached hydrogen (secondary N) is 1. The van der Waals surface area contributed by atoms with Gasteiger partial charge in [0.15, 0.2) is 0 Å². The summed E-state index contributed by atoms with van der Waals surface area (Å²) in [5.41, 5.74) is 1.19. The van der Waals surface area contributed by atoms with E-state index in [2.05, 4.69) is 18.3 Å². The third kappa shape index (κ3) is 3.87. The highest BCUT2D eigenvalue weighted by molar-refractivity contribution is 5.40. The van der Waals surface area contributed by atoms with Crippen molar-refractivity contribution in [2.45, 2.75) is 32.7 Å². The molecule has 1 saturated carbocycles. The van der Waals surface area contributed by atoms with E-state index in [0.717, 1.165) is 36.4 Å². The summed E-state index contributed by atoms with van der Waals surface area (Å²) in [6.07, 6.45) is 4.12. The Balaban J connectivity index is 1.85. The van der Waals surface area contributed by atoms with Crippen LogP contribution in [0.25, 0.3) is 0 Å². The average molecular weight is 263 g/mol. The van der Waals surface area contributed by atoms with Gasteiger partial charge in [-0.05, 0) is 37.3 Å². The van der Waals surface area contributed by atoms with E-state index < -0.39 is 0 Å². The summed E-state index contributed by atoms with van der Waals surface area (Å²) in [6, 6.07) is 5.99. The second-order valence-electron chi connectivity index (χ2n) is 5.59. The molecule has 0 bridgehead atoms. The zero-order valence-corrected chi connectivity index (χ0v) is 12.2. The van der Waals surface area contributed by atoms with Gasteiger partial charge in [-0.25, -0.2) is 0 Å². The highest BCUT2D eigenvalue weighted by Crippen LogP contribution is 2.30. The third-order valence-electron chi connectivity index (χ3n) is 4.05. The van der Waals surface area contributed by atoms with E-state index in [1.165, 1.54) is 24.8 Å². The highest BCUT2D eigenvalue weighted by atomic mass is 16.5. The SMILES string of the molecule is COc1ccc(CNCC2CCC(C)C2)c(OC)c1. The average Bonchev–Trinajstić information content (AvgIpc) is 2.84. The predicted octanol–water partition coefficient (Wildman–Crippen LogP) is 3.23. The van der Waals surface area contributed by atoms with Crippen LogP contribution in [0.5, 0.6) is 11.5 Å². The fourth-order valence-electron chi connectivity index (χ4n) is 2.92. The summed E-state index contributed by atoms with van der Waals surface area (Å²) >= 11 is 0. The van der Waals surface area contributed by atoms with Crippen LogP contribution in [0.1, 0.15) is 31.7 Å². The topological polar surface area (TPSA) is 30.5 Å². The molecule has 1 aliphatic carbocycles. The summed E-state index contributed by atoms with van der Waals surface area (Å²) in [6.45, 7) is 4.32. The lowest BCUT2D eigenvalue weighted by atomic mass is 10.1. The first kappa shape index (κ1) is 14.2. The molecule has 1 aromatic rings. The highest BCUT2D eigenvalue weighted by Gasteiger charge is 2.20. The number of ether oxygens (including phenoxy) is 2.